The minimum Gasteiger partial charge on any atom is -0.308 e. The summed E-state index contributed by atoms with van der Waals surface area (Å²) in [7, 11) is 0. The Morgan fingerprint density at radius 1 is 1.00 bits per heavy atom. The van der Waals surface area contributed by atoms with Crippen molar-refractivity contribution in [1.29, 1.82) is 0 Å². The summed E-state index contributed by atoms with van der Waals surface area (Å²) in [6.07, 6.45) is 0. The predicted octanol–water partition coefficient (Wildman–Crippen LogP) is 7.61. The minimum absolute atomic E-state index is 0.153. The number of thiophene rings is 1. The Kier molecular flexibility index (Phi) is 5.84. The van der Waals surface area contributed by atoms with E-state index in [1.165, 1.54) is 22.7 Å². The summed E-state index contributed by atoms with van der Waals surface area (Å²) in [5.74, 6) is -0.379. The fourth-order valence-electron chi connectivity index (χ4n) is 3.38. The zero-order valence-electron chi connectivity index (χ0n) is 16.2. The van der Waals surface area contributed by atoms with Crippen molar-refractivity contribution in [2.45, 2.75) is 0 Å². The number of fused-ring (bicyclic) bond motifs is 2. The monoisotopic (exact) mass is 513 g/mol. The van der Waals surface area contributed by atoms with E-state index in [2.05, 4.69) is 33.8 Å². The first-order valence-electron chi connectivity index (χ1n) is 9.43. The van der Waals surface area contributed by atoms with Crippen LogP contribution < -0.4 is 10.6 Å². The quantitative estimate of drug-likeness (QED) is 0.243. The number of nitrogens with zero attached hydrogens (tertiary/aromatic N) is 1. The first kappa shape index (κ1) is 21.3. The number of aromatic nitrogens is 1. The van der Waals surface area contributed by atoms with Gasteiger partial charge in [-0.2, -0.15) is 0 Å². The predicted molar refractivity (Wildman–Crippen MR) is 141 cm³/mol. The molecule has 0 saturated heterocycles. The van der Waals surface area contributed by atoms with E-state index in [0.29, 0.717) is 20.1 Å². The van der Waals surface area contributed by atoms with E-state index < -0.39 is 0 Å². The topological polar surface area (TPSA) is 54.0 Å². The van der Waals surface area contributed by atoms with Crippen molar-refractivity contribution >= 4 is 95.1 Å². The molecule has 0 atom stereocenters. The molecule has 0 bridgehead atoms. The maximum absolute atomic E-state index is 12.7. The minimum atomic E-state index is -0.379. The van der Waals surface area contributed by atoms with Crippen molar-refractivity contribution in [3.8, 4) is 11.3 Å². The van der Waals surface area contributed by atoms with E-state index in [9.17, 15) is 4.79 Å². The van der Waals surface area contributed by atoms with Crippen LogP contribution in [0, 0.1) is 0 Å². The lowest BCUT2D eigenvalue weighted by Gasteiger charge is -2.06. The number of anilines is 1. The zero-order valence-corrected chi connectivity index (χ0v) is 20.1. The average Bonchev–Trinajstić information content (AvgIpc) is 3.37. The zero-order chi connectivity index (χ0) is 22.2. The van der Waals surface area contributed by atoms with E-state index in [1.54, 1.807) is 18.2 Å². The van der Waals surface area contributed by atoms with Gasteiger partial charge < -0.3 is 5.32 Å². The third kappa shape index (κ3) is 4.10. The number of carbonyl (C=O) groups is 1. The molecular weight excluding hydrogens is 501 g/mol. The fourth-order valence-corrected chi connectivity index (χ4v) is 6.03. The van der Waals surface area contributed by atoms with Crippen molar-refractivity contribution in [1.82, 2.24) is 10.3 Å². The van der Waals surface area contributed by atoms with Crippen molar-refractivity contribution in [2.75, 3.05) is 5.32 Å². The number of amides is 1. The molecule has 0 fully saturated rings. The summed E-state index contributed by atoms with van der Waals surface area (Å²) >= 11 is 20.4. The molecule has 0 aliphatic carbocycles. The molecule has 4 nitrogen and oxygen atoms in total. The highest BCUT2D eigenvalue weighted by Gasteiger charge is 2.19. The highest BCUT2D eigenvalue weighted by molar-refractivity contribution is 7.80. The molecular formula is C23H13Cl2N3OS3. The standard InChI is InChI=1S/C23H13Cl2N3OS3/c24-13-8-9-16-18(10-13)32-20(19(16)25)21(29)27-22(30)28-23-26-17(11-31-23)15-7-3-5-12-4-1-2-6-14(12)15/h1-11H,(H2,26,27,28,29,30). The molecule has 2 N–H and O–H groups in total. The molecule has 9 heteroatoms. The smallest absolute Gasteiger partial charge is 0.269 e. The van der Waals surface area contributed by atoms with Crippen LogP contribution in [0.25, 0.3) is 32.1 Å². The summed E-state index contributed by atoms with van der Waals surface area (Å²) in [6, 6.07) is 19.6. The number of thiocarbonyl (C=S) groups is 1. The van der Waals surface area contributed by atoms with Gasteiger partial charge in [0.2, 0.25) is 0 Å². The molecule has 0 saturated carbocycles. The third-order valence-electron chi connectivity index (χ3n) is 4.82. The van der Waals surface area contributed by atoms with E-state index in [4.69, 9.17) is 35.4 Å². The summed E-state index contributed by atoms with van der Waals surface area (Å²) in [4.78, 5) is 17.8. The van der Waals surface area contributed by atoms with Crippen molar-refractivity contribution in [3.05, 3.63) is 81.0 Å². The van der Waals surface area contributed by atoms with Gasteiger partial charge in [-0.3, -0.25) is 10.1 Å². The SMILES string of the molecule is O=C(NC(=S)Nc1nc(-c2cccc3ccccc23)cs1)c1sc2cc(Cl)ccc2c1Cl. The van der Waals surface area contributed by atoms with Crippen LogP contribution in [0.1, 0.15) is 9.67 Å². The second kappa shape index (κ2) is 8.77. The Bertz CT molecular complexity index is 1500. The number of rotatable bonds is 3. The third-order valence-corrected chi connectivity index (χ3v) is 7.67. The van der Waals surface area contributed by atoms with E-state index in [0.717, 1.165) is 32.1 Å². The molecule has 0 unspecified atom stereocenters. The molecule has 5 rings (SSSR count). The average molecular weight is 514 g/mol. The lowest BCUT2D eigenvalue weighted by Crippen LogP contribution is -2.33. The second-order valence-corrected chi connectivity index (χ2v) is 9.99. The molecule has 0 radical (unpaired) electrons. The summed E-state index contributed by atoms with van der Waals surface area (Å²) in [5.41, 5.74) is 1.88. The van der Waals surface area contributed by atoms with Gasteiger partial charge in [0.1, 0.15) is 4.88 Å². The summed E-state index contributed by atoms with van der Waals surface area (Å²) in [6.45, 7) is 0. The van der Waals surface area contributed by atoms with Crippen LogP contribution in [0.4, 0.5) is 5.13 Å². The maximum atomic E-state index is 12.7. The van der Waals surface area contributed by atoms with Gasteiger partial charge in [0, 0.05) is 26.1 Å². The maximum Gasteiger partial charge on any atom is 0.269 e. The highest BCUT2D eigenvalue weighted by Crippen LogP contribution is 2.36. The van der Waals surface area contributed by atoms with Crippen molar-refractivity contribution < 1.29 is 4.79 Å². The van der Waals surface area contributed by atoms with Crippen LogP contribution >= 0.6 is 58.1 Å². The Labute approximate surface area is 206 Å². The van der Waals surface area contributed by atoms with Gasteiger partial charge in [-0.15, -0.1) is 22.7 Å². The molecule has 5 aromatic rings. The van der Waals surface area contributed by atoms with Gasteiger partial charge in [0.25, 0.3) is 5.91 Å². The van der Waals surface area contributed by atoms with Gasteiger partial charge in [0.15, 0.2) is 10.2 Å². The number of hydrogen-bond acceptors (Lipinski definition) is 5. The lowest BCUT2D eigenvalue weighted by atomic mass is 10.0. The normalized spacial score (nSPS) is 11.1. The van der Waals surface area contributed by atoms with Gasteiger partial charge in [0.05, 0.1) is 10.7 Å². The first-order valence-corrected chi connectivity index (χ1v) is 12.3. The molecule has 3 aromatic carbocycles. The van der Waals surface area contributed by atoms with Gasteiger partial charge in [-0.05, 0) is 35.1 Å². The summed E-state index contributed by atoms with van der Waals surface area (Å²) in [5, 5.41) is 12.4. The van der Waals surface area contributed by atoms with Crippen molar-refractivity contribution in [3.63, 3.8) is 0 Å². The number of thiazole rings is 1. The number of nitrogens with one attached hydrogen (secondary N) is 2. The van der Waals surface area contributed by atoms with Crippen LogP contribution in [0.5, 0.6) is 0 Å². The van der Waals surface area contributed by atoms with Crippen LogP contribution in [0.15, 0.2) is 66.0 Å². The Morgan fingerprint density at radius 3 is 2.69 bits per heavy atom. The van der Waals surface area contributed by atoms with E-state index in [-0.39, 0.29) is 11.0 Å². The largest absolute Gasteiger partial charge is 0.308 e. The van der Waals surface area contributed by atoms with Crippen molar-refractivity contribution in [2.24, 2.45) is 0 Å². The Morgan fingerprint density at radius 2 is 1.81 bits per heavy atom. The van der Waals surface area contributed by atoms with Gasteiger partial charge in [-0.25, -0.2) is 4.98 Å². The first-order chi connectivity index (χ1) is 15.5. The Hall–Kier alpha value is -2.55. The Balaban J connectivity index is 1.33. The van der Waals surface area contributed by atoms with E-state index >= 15 is 0 Å². The molecule has 1 amide bonds. The molecule has 158 valence electrons. The number of carbonyl (C=O) groups excluding carboxylic acids is 1. The molecule has 0 aliphatic heterocycles. The molecule has 0 spiro atoms. The number of hydrogen-bond donors (Lipinski definition) is 2. The van der Waals surface area contributed by atoms with Crippen LogP contribution in [-0.2, 0) is 0 Å². The van der Waals surface area contributed by atoms with Gasteiger partial charge in [-0.1, -0.05) is 71.7 Å². The highest BCUT2D eigenvalue weighted by atomic mass is 35.5. The fraction of sp³-hybridized carbons (Fsp3) is 0. The van der Waals surface area contributed by atoms with Crippen LogP contribution in [0.2, 0.25) is 10.0 Å². The van der Waals surface area contributed by atoms with Crippen LogP contribution in [0.3, 0.4) is 0 Å². The van der Waals surface area contributed by atoms with Crippen LogP contribution in [-0.4, -0.2) is 16.0 Å². The second-order valence-electron chi connectivity index (χ2n) is 6.86. The number of benzene rings is 3. The lowest BCUT2D eigenvalue weighted by molar-refractivity contribution is 0.0982. The van der Waals surface area contributed by atoms with Gasteiger partial charge >= 0.3 is 0 Å². The molecule has 2 aromatic heterocycles. The van der Waals surface area contributed by atoms with E-state index in [1.807, 2.05) is 29.6 Å². The molecule has 32 heavy (non-hydrogen) atoms. The molecule has 0 aliphatic rings. The summed E-state index contributed by atoms with van der Waals surface area (Å²) < 4.78 is 0.839. The molecule has 2 heterocycles. The number of halogens is 2.